The number of hydrogen-bond donors (Lipinski definition) is 1. The smallest absolute Gasteiger partial charge is 0.184 e. The van der Waals surface area contributed by atoms with Gasteiger partial charge in [-0.15, -0.1) is 10.2 Å². The van der Waals surface area contributed by atoms with Gasteiger partial charge < -0.3 is 14.8 Å². The number of benzene rings is 1. The molecule has 1 fully saturated rings. The quantitative estimate of drug-likeness (QED) is 0.594. The molecule has 0 aliphatic carbocycles. The number of nitrogens with zero attached hydrogens (tertiary/aromatic N) is 5. The predicted octanol–water partition coefficient (Wildman–Crippen LogP) is 3.47. The van der Waals surface area contributed by atoms with E-state index in [-0.39, 0.29) is 0 Å². The normalized spacial score (nSPS) is 17.8. The molecule has 1 saturated heterocycles. The van der Waals surface area contributed by atoms with Crippen molar-refractivity contribution >= 4 is 22.4 Å². The Kier molecular flexibility index (Phi) is 4.09. The number of likely N-dealkylation sites (tertiary alicyclic amines) is 1. The minimum atomic E-state index is 0.446. The van der Waals surface area contributed by atoms with Gasteiger partial charge in [0.05, 0.1) is 16.7 Å². The Labute approximate surface area is 164 Å². The summed E-state index contributed by atoms with van der Waals surface area (Å²) in [5.41, 5.74) is 6.91. The fraction of sp³-hybridized carbons (Fsp3) is 0.364. The second-order valence-corrected chi connectivity index (χ2v) is 7.98. The highest BCUT2D eigenvalue weighted by molar-refractivity contribution is 5.88. The summed E-state index contributed by atoms with van der Waals surface area (Å²) in [5.74, 6) is 0.920. The Morgan fingerprint density at radius 3 is 2.64 bits per heavy atom. The highest BCUT2D eigenvalue weighted by Gasteiger charge is 2.22. The van der Waals surface area contributed by atoms with E-state index in [4.69, 9.17) is 0 Å². The van der Waals surface area contributed by atoms with Gasteiger partial charge in [-0.25, -0.2) is 0 Å². The molecule has 0 radical (unpaired) electrons. The van der Waals surface area contributed by atoms with Crippen molar-refractivity contribution in [2.75, 3.05) is 25.5 Å². The summed E-state index contributed by atoms with van der Waals surface area (Å²) in [6, 6.07) is 15.6. The monoisotopic (exact) mass is 374 g/mol. The Balaban J connectivity index is 1.65. The lowest BCUT2D eigenvalue weighted by Crippen LogP contribution is -2.23. The summed E-state index contributed by atoms with van der Waals surface area (Å²) in [6.45, 7) is 7.24. The Bertz CT molecular complexity index is 1140. The molecule has 0 amide bonds. The maximum atomic E-state index is 4.48. The molecule has 5 rings (SSSR count). The number of likely N-dealkylation sites (N-methyl/N-ethyl adjacent to an activating group) is 1. The van der Waals surface area contributed by atoms with Gasteiger partial charge in [0.25, 0.3) is 0 Å². The van der Waals surface area contributed by atoms with Crippen LogP contribution in [0.4, 0.5) is 5.69 Å². The van der Waals surface area contributed by atoms with Crippen LogP contribution in [0.1, 0.15) is 23.5 Å². The minimum Gasteiger partial charge on any atom is -0.378 e. The van der Waals surface area contributed by atoms with Crippen molar-refractivity contribution in [2.45, 2.75) is 32.9 Å². The highest BCUT2D eigenvalue weighted by Crippen LogP contribution is 2.29. The molecule has 144 valence electrons. The van der Waals surface area contributed by atoms with Gasteiger partial charge in [-0.2, -0.15) is 0 Å². The highest BCUT2D eigenvalue weighted by atomic mass is 15.3. The van der Waals surface area contributed by atoms with Crippen molar-refractivity contribution < 1.29 is 0 Å². The summed E-state index contributed by atoms with van der Waals surface area (Å²) in [5, 5.41) is 12.6. The first-order chi connectivity index (χ1) is 13.6. The molecule has 1 unspecified atom stereocenters. The van der Waals surface area contributed by atoms with Crippen LogP contribution in [0.2, 0.25) is 0 Å². The van der Waals surface area contributed by atoms with Crippen molar-refractivity contribution in [3.8, 4) is 0 Å². The van der Waals surface area contributed by atoms with Gasteiger partial charge in [0, 0.05) is 24.8 Å². The molecule has 1 aliphatic heterocycles. The third-order valence-electron chi connectivity index (χ3n) is 5.85. The van der Waals surface area contributed by atoms with E-state index in [1.54, 1.807) is 0 Å². The van der Waals surface area contributed by atoms with Crippen LogP contribution in [-0.2, 0) is 6.54 Å². The zero-order valence-corrected chi connectivity index (χ0v) is 16.7. The van der Waals surface area contributed by atoms with Crippen LogP contribution in [-0.4, -0.2) is 50.2 Å². The molecule has 1 aliphatic rings. The van der Waals surface area contributed by atoms with E-state index in [1.165, 1.54) is 22.3 Å². The van der Waals surface area contributed by atoms with Crippen molar-refractivity contribution in [1.82, 2.24) is 24.1 Å². The maximum absolute atomic E-state index is 4.48. The van der Waals surface area contributed by atoms with Crippen LogP contribution in [0.3, 0.4) is 0 Å². The van der Waals surface area contributed by atoms with Gasteiger partial charge in [0.2, 0.25) is 0 Å². The molecule has 0 spiro atoms. The summed E-state index contributed by atoms with van der Waals surface area (Å²) >= 11 is 0. The minimum absolute atomic E-state index is 0.446. The van der Waals surface area contributed by atoms with Gasteiger partial charge in [0.1, 0.15) is 5.82 Å². The van der Waals surface area contributed by atoms with E-state index in [0.29, 0.717) is 6.04 Å². The number of pyridine rings is 1. The van der Waals surface area contributed by atoms with Gasteiger partial charge >= 0.3 is 0 Å². The second kappa shape index (κ2) is 6.63. The molecular formula is C22H26N6. The summed E-state index contributed by atoms with van der Waals surface area (Å²) in [7, 11) is 2.18. The molecule has 3 aromatic heterocycles. The fourth-order valence-electron chi connectivity index (χ4n) is 4.39. The largest absolute Gasteiger partial charge is 0.378 e. The van der Waals surface area contributed by atoms with E-state index in [1.807, 2.05) is 6.92 Å². The van der Waals surface area contributed by atoms with Gasteiger partial charge in [-0.05, 0) is 51.6 Å². The number of anilines is 1. The summed E-state index contributed by atoms with van der Waals surface area (Å²) in [4.78, 5) is 2.37. The first-order valence-electron chi connectivity index (χ1n) is 9.94. The topological polar surface area (TPSA) is 50.4 Å². The van der Waals surface area contributed by atoms with Crippen molar-refractivity contribution in [3.63, 3.8) is 0 Å². The molecular weight excluding hydrogens is 348 g/mol. The molecule has 6 nitrogen and oxygen atoms in total. The molecule has 1 N–H and O–H groups in total. The fourth-order valence-corrected chi connectivity index (χ4v) is 4.39. The molecule has 1 atom stereocenters. The molecule has 6 heteroatoms. The average Bonchev–Trinajstić information content (AvgIpc) is 3.36. The van der Waals surface area contributed by atoms with Gasteiger partial charge in [-0.1, -0.05) is 30.3 Å². The van der Waals surface area contributed by atoms with Gasteiger partial charge in [-0.3, -0.25) is 4.40 Å². The number of aromatic nitrogens is 4. The number of nitrogens with one attached hydrogen (secondary N) is 1. The first kappa shape index (κ1) is 17.3. The Morgan fingerprint density at radius 1 is 1.07 bits per heavy atom. The first-order valence-corrected chi connectivity index (χ1v) is 9.94. The molecule has 0 saturated carbocycles. The zero-order chi connectivity index (χ0) is 19.3. The van der Waals surface area contributed by atoms with Crippen LogP contribution >= 0.6 is 0 Å². The van der Waals surface area contributed by atoms with Crippen LogP contribution in [0.5, 0.6) is 0 Å². The van der Waals surface area contributed by atoms with Crippen molar-refractivity contribution in [3.05, 3.63) is 59.5 Å². The predicted molar refractivity (Wildman–Crippen MR) is 113 cm³/mol. The lowest BCUT2D eigenvalue weighted by molar-refractivity contribution is 0.414. The average molecular weight is 374 g/mol. The third-order valence-corrected chi connectivity index (χ3v) is 5.85. The lowest BCUT2D eigenvalue weighted by Gasteiger charge is -2.16. The Morgan fingerprint density at radius 2 is 1.89 bits per heavy atom. The van der Waals surface area contributed by atoms with Crippen LogP contribution < -0.4 is 5.32 Å². The molecule has 4 heterocycles. The van der Waals surface area contributed by atoms with E-state index in [9.17, 15) is 0 Å². The molecule has 1 aromatic carbocycles. The van der Waals surface area contributed by atoms with E-state index < -0.39 is 0 Å². The van der Waals surface area contributed by atoms with Crippen molar-refractivity contribution in [2.24, 2.45) is 0 Å². The molecule has 4 aromatic rings. The number of rotatable bonds is 4. The van der Waals surface area contributed by atoms with Crippen LogP contribution in [0.15, 0.2) is 42.5 Å². The van der Waals surface area contributed by atoms with E-state index >= 15 is 0 Å². The molecule has 0 bridgehead atoms. The molecule has 28 heavy (non-hydrogen) atoms. The van der Waals surface area contributed by atoms with E-state index in [0.717, 1.165) is 43.2 Å². The second-order valence-electron chi connectivity index (χ2n) is 7.98. The van der Waals surface area contributed by atoms with Crippen LogP contribution in [0, 0.1) is 13.8 Å². The number of fused-ring (bicyclic) bond motifs is 3. The SMILES string of the molecule is Cc1cc2c(cc(NC3CCN(C)C3)c3nnc(C)n32)n1Cc1ccccc1. The zero-order valence-electron chi connectivity index (χ0n) is 16.7. The standard InChI is InChI=1S/C22H26N6/c1-15-11-21-20(27(15)13-17-7-5-4-6-8-17)12-19(22-25-24-16(2)28(21)22)23-18-9-10-26(3)14-18/h4-8,11-12,18,23H,9-10,13-14H2,1-3H3. The summed E-state index contributed by atoms with van der Waals surface area (Å²) < 4.78 is 4.57. The van der Waals surface area contributed by atoms with Crippen LogP contribution in [0.25, 0.3) is 16.7 Å². The Hall–Kier alpha value is -2.86. The third kappa shape index (κ3) is 2.85. The number of hydrogen-bond acceptors (Lipinski definition) is 4. The lowest BCUT2D eigenvalue weighted by atomic mass is 10.2. The van der Waals surface area contributed by atoms with Gasteiger partial charge in [0.15, 0.2) is 5.65 Å². The van der Waals surface area contributed by atoms with E-state index in [2.05, 4.69) is 85.8 Å². The summed E-state index contributed by atoms with van der Waals surface area (Å²) in [6.07, 6.45) is 1.15. The maximum Gasteiger partial charge on any atom is 0.184 e. The number of aryl methyl sites for hydroxylation is 2. The van der Waals surface area contributed by atoms with Crippen molar-refractivity contribution in [1.29, 1.82) is 0 Å².